The highest BCUT2D eigenvalue weighted by Gasteiger charge is 2.39. The number of fused-ring (bicyclic) bond motifs is 3. The molecule has 4 aromatic rings. The first kappa shape index (κ1) is 20.5. The van der Waals surface area contributed by atoms with Crippen molar-refractivity contribution in [2.24, 2.45) is 0 Å². The third kappa shape index (κ3) is 3.63. The topological polar surface area (TPSA) is 92.3 Å². The number of rotatable bonds is 4. The fraction of sp³-hybridized carbons (Fsp3) is 0.286. The van der Waals surface area contributed by atoms with Crippen LogP contribution in [0.15, 0.2) is 41.3 Å². The molecule has 160 valence electrons. The number of benzene rings is 2. The van der Waals surface area contributed by atoms with Crippen LogP contribution in [0.1, 0.15) is 23.4 Å². The zero-order valence-corrected chi connectivity index (χ0v) is 19.4. The minimum absolute atomic E-state index is 0.207. The predicted molar refractivity (Wildman–Crippen MR) is 124 cm³/mol. The number of hydrogen-bond donors (Lipinski definition) is 1. The maximum absolute atomic E-state index is 13.1. The van der Waals surface area contributed by atoms with Gasteiger partial charge in [0.1, 0.15) is 11.6 Å². The fourth-order valence-corrected chi connectivity index (χ4v) is 7.38. The van der Waals surface area contributed by atoms with Crippen LogP contribution < -0.4 is 5.32 Å². The van der Waals surface area contributed by atoms with Crippen LogP contribution in [0.2, 0.25) is 0 Å². The first-order valence-corrected chi connectivity index (χ1v) is 13.0. The quantitative estimate of drug-likeness (QED) is 0.478. The normalized spacial score (nSPS) is 17.5. The van der Waals surface area contributed by atoms with E-state index in [1.807, 2.05) is 26.0 Å². The van der Waals surface area contributed by atoms with Crippen LogP contribution in [-0.2, 0) is 14.8 Å². The number of thiazole rings is 2. The lowest BCUT2D eigenvalue weighted by Crippen LogP contribution is -2.43. The summed E-state index contributed by atoms with van der Waals surface area (Å²) >= 11 is 2.99. The second kappa shape index (κ2) is 7.63. The molecule has 1 atom stereocenters. The molecular formula is C21H20N4O3S3. The Kier molecular flexibility index (Phi) is 5.04. The van der Waals surface area contributed by atoms with E-state index in [1.165, 1.54) is 15.6 Å². The Labute approximate surface area is 187 Å². The van der Waals surface area contributed by atoms with Gasteiger partial charge in [-0.05, 0) is 51.0 Å². The third-order valence-corrected chi connectivity index (χ3v) is 9.24. The third-order valence-electron chi connectivity index (χ3n) is 5.39. The monoisotopic (exact) mass is 472 g/mol. The molecule has 3 heterocycles. The number of hydrogen-bond acceptors (Lipinski definition) is 7. The molecule has 2 aromatic carbocycles. The number of anilines is 1. The number of carbonyl (C=O) groups excluding carboxylic acids is 1. The maximum Gasteiger partial charge on any atom is 0.244 e. The van der Waals surface area contributed by atoms with E-state index < -0.39 is 16.1 Å². The minimum atomic E-state index is -3.75. The molecule has 7 nitrogen and oxygen atoms in total. The second-order valence-corrected chi connectivity index (χ2v) is 11.7. The summed E-state index contributed by atoms with van der Waals surface area (Å²) in [5, 5.41) is 4.28. The van der Waals surface area contributed by atoms with Crippen molar-refractivity contribution in [2.75, 3.05) is 11.9 Å². The number of nitrogens with zero attached hydrogens (tertiary/aromatic N) is 3. The van der Waals surface area contributed by atoms with Crippen LogP contribution >= 0.6 is 22.7 Å². The highest BCUT2D eigenvalue weighted by Crippen LogP contribution is 2.35. The molecule has 1 fully saturated rings. The second-order valence-electron chi connectivity index (χ2n) is 7.59. The first-order chi connectivity index (χ1) is 14.8. The van der Waals surface area contributed by atoms with Gasteiger partial charge in [0.05, 0.1) is 24.8 Å². The van der Waals surface area contributed by atoms with Crippen molar-refractivity contribution in [1.82, 2.24) is 14.3 Å². The van der Waals surface area contributed by atoms with Crippen LogP contribution in [0.25, 0.3) is 20.4 Å². The molecule has 0 saturated carbocycles. The Balaban J connectivity index is 1.42. The summed E-state index contributed by atoms with van der Waals surface area (Å²) in [6.07, 6.45) is 1.12. The van der Waals surface area contributed by atoms with E-state index >= 15 is 0 Å². The van der Waals surface area contributed by atoms with Gasteiger partial charge < -0.3 is 5.32 Å². The van der Waals surface area contributed by atoms with E-state index in [-0.39, 0.29) is 10.8 Å². The number of sulfonamides is 1. The Morgan fingerprint density at radius 3 is 2.65 bits per heavy atom. The molecule has 0 aliphatic carbocycles. The van der Waals surface area contributed by atoms with E-state index in [9.17, 15) is 13.2 Å². The van der Waals surface area contributed by atoms with Crippen molar-refractivity contribution in [1.29, 1.82) is 0 Å². The largest absolute Gasteiger partial charge is 0.301 e. The van der Waals surface area contributed by atoms with Crippen LogP contribution in [0.3, 0.4) is 0 Å². The van der Waals surface area contributed by atoms with Crippen LogP contribution in [-0.4, -0.2) is 41.2 Å². The highest BCUT2D eigenvalue weighted by atomic mass is 32.2. The average Bonchev–Trinajstić information content (AvgIpc) is 3.44. The lowest BCUT2D eigenvalue weighted by Gasteiger charge is -2.23. The van der Waals surface area contributed by atoms with Crippen molar-refractivity contribution in [3.05, 3.63) is 47.0 Å². The summed E-state index contributed by atoms with van der Waals surface area (Å²) in [4.78, 5) is 22.4. The number of carbonyl (C=O) groups is 1. The molecule has 2 aromatic heterocycles. The van der Waals surface area contributed by atoms with Crippen molar-refractivity contribution >= 4 is 64.2 Å². The zero-order chi connectivity index (χ0) is 21.8. The molecule has 10 heteroatoms. The smallest absolute Gasteiger partial charge is 0.244 e. The lowest BCUT2D eigenvalue weighted by atomic mass is 10.2. The van der Waals surface area contributed by atoms with Crippen molar-refractivity contribution in [2.45, 2.75) is 37.6 Å². The fourth-order valence-electron chi connectivity index (χ4n) is 3.87. The Hall–Kier alpha value is -2.40. The van der Waals surface area contributed by atoms with E-state index in [1.54, 1.807) is 35.6 Å². The van der Waals surface area contributed by atoms with Crippen LogP contribution in [0.4, 0.5) is 5.13 Å². The molecule has 1 unspecified atom stereocenters. The lowest BCUT2D eigenvalue weighted by molar-refractivity contribution is -0.119. The molecule has 1 aliphatic heterocycles. The van der Waals surface area contributed by atoms with E-state index in [2.05, 4.69) is 15.3 Å². The Morgan fingerprint density at radius 2 is 1.87 bits per heavy atom. The van der Waals surface area contributed by atoms with Gasteiger partial charge in [-0.3, -0.25) is 4.79 Å². The number of aromatic nitrogens is 2. The van der Waals surface area contributed by atoms with E-state index in [0.717, 1.165) is 31.0 Å². The molecule has 0 bridgehead atoms. The van der Waals surface area contributed by atoms with Gasteiger partial charge >= 0.3 is 0 Å². The SMILES string of the molecule is Cc1ccc(S(=O)(=O)N2CCCC2C(=O)Nc2nc3ccc4sc(C)nc4c3s2)cc1. The summed E-state index contributed by atoms with van der Waals surface area (Å²) in [6, 6.07) is 9.87. The molecule has 1 amide bonds. The van der Waals surface area contributed by atoms with E-state index in [0.29, 0.717) is 24.5 Å². The predicted octanol–water partition coefficient (Wildman–Crippen LogP) is 4.31. The molecular weight excluding hydrogens is 452 g/mol. The van der Waals surface area contributed by atoms with Crippen LogP contribution in [0.5, 0.6) is 0 Å². The van der Waals surface area contributed by atoms with Gasteiger partial charge in [-0.2, -0.15) is 4.31 Å². The number of amides is 1. The first-order valence-electron chi connectivity index (χ1n) is 9.89. The summed E-state index contributed by atoms with van der Waals surface area (Å²) in [5.74, 6) is -0.349. The van der Waals surface area contributed by atoms with Gasteiger partial charge in [0.15, 0.2) is 5.13 Å². The molecule has 0 radical (unpaired) electrons. The Morgan fingerprint density at radius 1 is 1.10 bits per heavy atom. The minimum Gasteiger partial charge on any atom is -0.301 e. The summed E-state index contributed by atoms with van der Waals surface area (Å²) in [5.41, 5.74) is 2.64. The summed E-state index contributed by atoms with van der Waals surface area (Å²) in [7, 11) is -3.75. The molecule has 0 spiro atoms. The van der Waals surface area contributed by atoms with Gasteiger partial charge in [-0.15, -0.1) is 11.3 Å². The molecule has 31 heavy (non-hydrogen) atoms. The zero-order valence-electron chi connectivity index (χ0n) is 17.0. The van der Waals surface area contributed by atoms with Gasteiger partial charge in [0, 0.05) is 6.54 Å². The molecule has 1 saturated heterocycles. The number of nitrogens with one attached hydrogen (secondary N) is 1. The maximum atomic E-state index is 13.1. The van der Waals surface area contributed by atoms with Crippen molar-refractivity contribution in [3.63, 3.8) is 0 Å². The van der Waals surface area contributed by atoms with Crippen molar-refractivity contribution < 1.29 is 13.2 Å². The Bertz CT molecular complexity index is 1410. The molecule has 1 N–H and O–H groups in total. The standard InChI is InChI=1S/C21H20N4O3S3/c1-12-5-7-14(8-6-12)31(27,28)25-11-3-4-16(25)20(26)24-21-23-15-9-10-17-18(19(15)30-21)22-13(2)29-17/h5-10,16H,3-4,11H2,1-2H3,(H,23,24,26). The number of aryl methyl sites for hydroxylation is 2. The van der Waals surface area contributed by atoms with Crippen LogP contribution in [0, 0.1) is 13.8 Å². The van der Waals surface area contributed by atoms with Gasteiger partial charge in [-0.25, -0.2) is 18.4 Å². The van der Waals surface area contributed by atoms with Gasteiger partial charge in [0.25, 0.3) is 0 Å². The highest BCUT2D eigenvalue weighted by molar-refractivity contribution is 7.89. The summed E-state index contributed by atoms with van der Waals surface area (Å²) in [6.45, 7) is 4.19. The summed E-state index contributed by atoms with van der Waals surface area (Å²) < 4.78 is 29.6. The molecule has 1 aliphatic rings. The average molecular weight is 473 g/mol. The van der Waals surface area contributed by atoms with Gasteiger partial charge in [-0.1, -0.05) is 29.0 Å². The van der Waals surface area contributed by atoms with E-state index in [4.69, 9.17) is 0 Å². The van der Waals surface area contributed by atoms with Crippen molar-refractivity contribution in [3.8, 4) is 0 Å². The van der Waals surface area contributed by atoms with Gasteiger partial charge in [0.2, 0.25) is 15.9 Å². The molecule has 5 rings (SSSR count).